The Morgan fingerprint density at radius 3 is 2.42 bits per heavy atom. The Morgan fingerprint density at radius 1 is 1.32 bits per heavy atom. The summed E-state index contributed by atoms with van der Waals surface area (Å²) in [5.41, 5.74) is 0. The van der Waals surface area contributed by atoms with E-state index < -0.39 is 9.84 Å². The SMILES string of the molecule is CCNC(COC)CSc1ccc(S(C)(=O)=O)cc1. The molecule has 6 heteroatoms. The number of rotatable bonds is 8. The number of hydrogen-bond donors (Lipinski definition) is 1. The molecule has 1 atom stereocenters. The van der Waals surface area contributed by atoms with Crippen molar-refractivity contribution in [1.29, 1.82) is 0 Å². The summed E-state index contributed by atoms with van der Waals surface area (Å²) in [6, 6.07) is 7.29. The Morgan fingerprint density at radius 2 is 1.95 bits per heavy atom. The van der Waals surface area contributed by atoms with Gasteiger partial charge in [-0.15, -0.1) is 11.8 Å². The number of hydrogen-bond acceptors (Lipinski definition) is 5. The molecule has 108 valence electrons. The topological polar surface area (TPSA) is 55.4 Å². The van der Waals surface area contributed by atoms with Crippen molar-refractivity contribution < 1.29 is 13.2 Å². The minimum absolute atomic E-state index is 0.301. The largest absolute Gasteiger partial charge is 0.383 e. The van der Waals surface area contributed by atoms with Gasteiger partial charge in [-0.05, 0) is 30.8 Å². The second-order valence-corrected chi connectivity index (χ2v) is 7.37. The van der Waals surface area contributed by atoms with Crippen LogP contribution in [0.1, 0.15) is 6.92 Å². The molecule has 0 aromatic heterocycles. The minimum atomic E-state index is -3.11. The van der Waals surface area contributed by atoms with Crippen LogP contribution in [-0.4, -0.2) is 46.7 Å². The van der Waals surface area contributed by atoms with E-state index in [1.807, 2.05) is 12.1 Å². The van der Waals surface area contributed by atoms with Crippen LogP contribution in [0.2, 0.25) is 0 Å². The summed E-state index contributed by atoms with van der Waals surface area (Å²) in [6.07, 6.45) is 1.22. The van der Waals surface area contributed by atoms with E-state index in [1.54, 1.807) is 31.0 Å². The maximum absolute atomic E-state index is 11.3. The Labute approximate surface area is 119 Å². The second kappa shape index (κ2) is 7.89. The van der Waals surface area contributed by atoms with Crippen LogP contribution in [0, 0.1) is 0 Å². The number of nitrogens with one attached hydrogen (secondary N) is 1. The molecule has 0 saturated carbocycles. The van der Waals surface area contributed by atoms with Crippen molar-refractivity contribution >= 4 is 21.6 Å². The highest BCUT2D eigenvalue weighted by atomic mass is 32.2. The third-order valence-corrected chi connectivity index (χ3v) is 4.87. The lowest BCUT2D eigenvalue weighted by atomic mass is 10.3. The molecule has 0 saturated heterocycles. The van der Waals surface area contributed by atoms with Crippen LogP contribution in [-0.2, 0) is 14.6 Å². The Balaban J connectivity index is 2.58. The predicted molar refractivity (Wildman–Crippen MR) is 79.6 cm³/mol. The first-order valence-corrected chi connectivity index (χ1v) is 9.00. The first-order valence-electron chi connectivity index (χ1n) is 6.12. The number of methoxy groups -OCH3 is 1. The molecule has 0 aliphatic carbocycles. The molecule has 0 aliphatic heterocycles. The molecule has 0 heterocycles. The number of sulfone groups is 1. The molecule has 0 bridgehead atoms. The van der Waals surface area contributed by atoms with E-state index in [0.29, 0.717) is 17.5 Å². The number of benzene rings is 1. The van der Waals surface area contributed by atoms with Gasteiger partial charge in [-0.3, -0.25) is 0 Å². The highest BCUT2D eigenvalue weighted by Gasteiger charge is 2.09. The van der Waals surface area contributed by atoms with Crippen molar-refractivity contribution in [3.05, 3.63) is 24.3 Å². The fourth-order valence-corrected chi connectivity index (χ4v) is 3.20. The minimum Gasteiger partial charge on any atom is -0.383 e. The van der Waals surface area contributed by atoms with Gasteiger partial charge in [-0.2, -0.15) is 0 Å². The molecule has 19 heavy (non-hydrogen) atoms. The summed E-state index contributed by atoms with van der Waals surface area (Å²) in [7, 11) is -1.42. The van der Waals surface area contributed by atoms with E-state index in [9.17, 15) is 8.42 Å². The summed E-state index contributed by atoms with van der Waals surface area (Å²) in [5, 5.41) is 3.35. The van der Waals surface area contributed by atoms with Crippen LogP contribution < -0.4 is 5.32 Å². The maximum atomic E-state index is 11.3. The highest BCUT2D eigenvalue weighted by Crippen LogP contribution is 2.21. The molecule has 1 N–H and O–H groups in total. The van der Waals surface area contributed by atoms with Gasteiger partial charge in [-0.25, -0.2) is 8.42 Å². The van der Waals surface area contributed by atoms with E-state index in [1.165, 1.54) is 6.26 Å². The first-order chi connectivity index (χ1) is 8.97. The lowest BCUT2D eigenvalue weighted by molar-refractivity contribution is 0.174. The van der Waals surface area contributed by atoms with Crippen molar-refractivity contribution in [2.75, 3.05) is 32.3 Å². The molecule has 1 unspecified atom stereocenters. The molecular weight excluding hydrogens is 282 g/mol. The van der Waals surface area contributed by atoms with Crippen molar-refractivity contribution in [2.24, 2.45) is 0 Å². The molecule has 0 radical (unpaired) electrons. The summed E-state index contributed by atoms with van der Waals surface area (Å²) >= 11 is 1.69. The van der Waals surface area contributed by atoms with Crippen molar-refractivity contribution in [1.82, 2.24) is 5.32 Å². The molecule has 4 nitrogen and oxygen atoms in total. The van der Waals surface area contributed by atoms with E-state index in [-0.39, 0.29) is 0 Å². The lowest BCUT2D eigenvalue weighted by Crippen LogP contribution is -2.35. The zero-order valence-corrected chi connectivity index (χ0v) is 13.2. The summed E-state index contributed by atoms with van der Waals surface area (Å²) < 4.78 is 27.8. The number of likely N-dealkylation sites (N-methyl/N-ethyl adjacent to an activating group) is 1. The second-order valence-electron chi connectivity index (χ2n) is 4.26. The fraction of sp³-hybridized carbons (Fsp3) is 0.538. The van der Waals surface area contributed by atoms with Gasteiger partial charge < -0.3 is 10.1 Å². The average Bonchev–Trinajstić information content (AvgIpc) is 2.36. The average molecular weight is 303 g/mol. The van der Waals surface area contributed by atoms with Crippen LogP contribution in [0.5, 0.6) is 0 Å². The van der Waals surface area contributed by atoms with Gasteiger partial charge in [0.15, 0.2) is 9.84 Å². The molecule has 1 aromatic carbocycles. The van der Waals surface area contributed by atoms with Gasteiger partial charge >= 0.3 is 0 Å². The monoisotopic (exact) mass is 303 g/mol. The van der Waals surface area contributed by atoms with E-state index in [0.717, 1.165) is 17.2 Å². The zero-order valence-electron chi connectivity index (χ0n) is 11.5. The van der Waals surface area contributed by atoms with Crippen molar-refractivity contribution in [3.8, 4) is 0 Å². The van der Waals surface area contributed by atoms with Gasteiger partial charge in [0.1, 0.15) is 0 Å². The van der Waals surface area contributed by atoms with Crippen LogP contribution in [0.25, 0.3) is 0 Å². The van der Waals surface area contributed by atoms with E-state index in [2.05, 4.69) is 12.2 Å². The molecule has 0 fully saturated rings. The predicted octanol–water partition coefficient (Wildman–Crippen LogP) is 1.81. The van der Waals surface area contributed by atoms with Gasteiger partial charge in [0.25, 0.3) is 0 Å². The van der Waals surface area contributed by atoms with Gasteiger partial charge in [0.05, 0.1) is 11.5 Å². The molecule has 1 rings (SSSR count). The Bertz CT molecular complexity index is 465. The smallest absolute Gasteiger partial charge is 0.175 e. The van der Waals surface area contributed by atoms with Gasteiger partial charge in [0.2, 0.25) is 0 Å². The molecular formula is C13H21NO3S2. The van der Waals surface area contributed by atoms with Crippen molar-refractivity contribution in [2.45, 2.75) is 22.8 Å². The fourth-order valence-electron chi connectivity index (χ4n) is 1.64. The Hall–Kier alpha value is -0.560. The summed E-state index contributed by atoms with van der Waals surface area (Å²) in [5.74, 6) is 0.889. The molecule has 0 spiro atoms. The summed E-state index contributed by atoms with van der Waals surface area (Å²) in [6.45, 7) is 3.64. The normalized spacial score (nSPS) is 13.4. The number of thioether (sulfide) groups is 1. The van der Waals surface area contributed by atoms with Crippen LogP contribution >= 0.6 is 11.8 Å². The Kier molecular flexibility index (Phi) is 6.85. The van der Waals surface area contributed by atoms with E-state index >= 15 is 0 Å². The first kappa shape index (κ1) is 16.5. The lowest BCUT2D eigenvalue weighted by Gasteiger charge is -2.16. The molecule has 0 amide bonds. The zero-order chi connectivity index (χ0) is 14.3. The molecule has 1 aromatic rings. The van der Waals surface area contributed by atoms with Crippen molar-refractivity contribution in [3.63, 3.8) is 0 Å². The van der Waals surface area contributed by atoms with Gasteiger partial charge in [0, 0.05) is 30.1 Å². The highest BCUT2D eigenvalue weighted by molar-refractivity contribution is 7.99. The number of ether oxygens (including phenoxy) is 1. The maximum Gasteiger partial charge on any atom is 0.175 e. The standard InChI is InChI=1S/C13H21NO3S2/c1-4-14-11(9-17-2)10-18-12-5-7-13(8-6-12)19(3,15)16/h5-8,11,14H,4,9-10H2,1-3H3. The van der Waals surface area contributed by atoms with E-state index in [4.69, 9.17) is 4.74 Å². The third kappa shape index (κ3) is 5.95. The third-order valence-electron chi connectivity index (χ3n) is 2.56. The quantitative estimate of drug-likeness (QED) is 0.742. The summed E-state index contributed by atoms with van der Waals surface area (Å²) in [4.78, 5) is 1.42. The van der Waals surface area contributed by atoms with Crippen LogP contribution in [0.15, 0.2) is 34.1 Å². The van der Waals surface area contributed by atoms with Crippen LogP contribution in [0.4, 0.5) is 0 Å². The van der Waals surface area contributed by atoms with Crippen LogP contribution in [0.3, 0.4) is 0 Å². The van der Waals surface area contributed by atoms with Gasteiger partial charge in [-0.1, -0.05) is 6.92 Å². The molecule has 0 aliphatic rings.